The number of amides is 1. The molecule has 1 aromatic heterocycles. The second-order valence-electron chi connectivity index (χ2n) is 9.65. The lowest BCUT2D eigenvalue weighted by molar-refractivity contribution is -0.147. The van der Waals surface area contributed by atoms with Gasteiger partial charge in [0.2, 0.25) is 0 Å². The Morgan fingerprint density at radius 2 is 1.59 bits per heavy atom. The van der Waals surface area contributed by atoms with E-state index < -0.39 is 17.6 Å². The highest BCUT2D eigenvalue weighted by atomic mass is 16.6. The van der Waals surface area contributed by atoms with Crippen LogP contribution in [-0.4, -0.2) is 35.5 Å². The van der Waals surface area contributed by atoms with Gasteiger partial charge in [-0.2, -0.15) is 0 Å². The summed E-state index contributed by atoms with van der Waals surface area (Å²) in [6.45, 7) is 3.40. The van der Waals surface area contributed by atoms with E-state index in [9.17, 15) is 9.59 Å². The number of esters is 1. The van der Waals surface area contributed by atoms with Crippen molar-refractivity contribution in [3.05, 3.63) is 95.7 Å². The minimum atomic E-state index is -0.593. The largest absolute Gasteiger partial charge is 0.463 e. The summed E-state index contributed by atoms with van der Waals surface area (Å²) in [5.41, 5.74) is 4.96. The number of aliphatic hydroxyl groups excluding tert-OH is 1. The van der Waals surface area contributed by atoms with Crippen molar-refractivity contribution < 1.29 is 28.7 Å². The molecule has 1 fully saturated rings. The molecule has 0 saturated heterocycles. The van der Waals surface area contributed by atoms with Crippen molar-refractivity contribution in [1.29, 1.82) is 0 Å². The second kappa shape index (κ2) is 11.1. The van der Waals surface area contributed by atoms with Gasteiger partial charge in [0.15, 0.2) is 5.76 Å². The third-order valence-corrected chi connectivity index (χ3v) is 7.03. The quantitative estimate of drug-likeness (QED) is 0.250. The van der Waals surface area contributed by atoms with Gasteiger partial charge in [-0.3, -0.25) is 10.1 Å². The molecular weight excluding hydrogens is 496 g/mol. The highest BCUT2D eigenvalue weighted by Gasteiger charge is 2.52. The first-order valence-electron chi connectivity index (χ1n) is 12.9. The number of aryl methyl sites for hydroxylation is 1. The van der Waals surface area contributed by atoms with Crippen molar-refractivity contribution >= 4 is 17.7 Å². The number of aromatic nitrogens is 1. The Morgan fingerprint density at radius 3 is 2.21 bits per heavy atom. The number of hydrogen-bond donors (Lipinski definition) is 2. The van der Waals surface area contributed by atoms with Crippen molar-refractivity contribution in [3.8, 4) is 22.5 Å². The Bertz CT molecular complexity index is 1440. The van der Waals surface area contributed by atoms with Crippen LogP contribution < -0.4 is 5.32 Å². The summed E-state index contributed by atoms with van der Waals surface area (Å²) in [7, 11) is 0. The fraction of sp³-hybridized carbons (Fsp3) is 0.258. The molecule has 0 radical (unpaired) electrons. The first-order valence-corrected chi connectivity index (χ1v) is 12.9. The normalized spacial score (nSPS) is 14.3. The number of anilines is 1. The Kier molecular flexibility index (Phi) is 7.47. The summed E-state index contributed by atoms with van der Waals surface area (Å²) >= 11 is 0. The van der Waals surface area contributed by atoms with Crippen LogP contribution in [0.5, 0.6) is 0 Å². The third-order valence-electron chi connectivity index (χ3n) is 7.03. The molecular formula is C31H30N2O6. The van der Waals surface area contributed by atoms with Crippen molar-refractivity contribution in [2.75, 3.05) is 18.5 Å². The van der Waals surface area contributed by atoms with Gasteiger partial charge >= 0.3 is 12.1 Å². The van der Waals surface area contributed by atoms with Gasteiger partial charge in [-0.05, 0) is 48.9 Å². The molecule has 5 rings (SSSR count). The molecule has 4 aromatic rings. The van der Waals surface area contributed by atoms with Crippen LogP contribution in [0, 0.1) is 6.92 Å². The zero-order valence-corrected chi connectivity index (χ0v) is 21.8. The molecule has 3 aromatic carbocycles. The lowest BCUT2D eigenvalue weighted by Gasteiger charge is -2.15. The zero-order valence-electron chi connectivity index (χ0n) is 21.8. The van der Waals surface area contributed by atoms with Gasteiger partial charge in [-0.25, -0.2) is 4.79 Å². The van der Waals surface area contributed by atoms with Gasteiger partial charge < -0.3 is 19.1 Å². The molecule has 1 aliphatic carbocycles. The maximum absolute atomic E-state index is 12.6. The number of nitrogens with zero attached hydrogens (tertiary/aromatic N) is 1. The first-order chi connectivity index (χ1) is 18.9. The SMILES string of the molecule is Cc1noc(-c2ccc(-c3ccc(C4(C(=O)OCCO)CC4)cc3)cc2)c1NC(=O)O[C@H](C)c1ccccc1. The molecule has 0 bridgehead atoms. The number of benzene rings is 3. The lowest BCUT2D eigenvalue weighted by atomic mass is 9.93. The van der Waals surface area contributed by atoms with E-state index in [1.54, 1.807) is 6.92 Å². The number of ether oxygens (including phenoxy) is 2. The average molecular weight is 527 g/mol. The van der Waals surface area contributed by atoms with Crippen molar-refractivity contribution in [3.63, 3.8) is 0 Å². The molecule has 0 aliphatic heterocycles. The Balaban J connectivity index is 1.27. The van der Waals surface area contributed by atoms with E-state index in [1.807, 2.05) is 85.8 Å². The summed E-state index contributed by atoms with van der Waals surface area (Å²) in [5.74, 6) is 0.162. The van der Waals surface area contributed by atoms with Gasteiger partial charge in [0.25, 0.3) is 0 Å². The van der Waals surface area contributed by atoms with Gasteiger partial charge in [-0.15, -0.1) is 0 Å². The predicted molar refractivity (Wildman–Crippen MR) is 146 cm³/mol. The molecule has 1 saturated carbocycles. The predicted octanol–water partition coefficient (Wildman–Crippen LogP) is 6.19. The van der Waals surface area contributed by atoms with Gasteiger partial charge in [0.05, 0.1) is 12.0 Å². The van der Waals surface area contributed by atoms with E-state index in [0.29, 0.717) is 17.1 Å². The number of nitrogens with one attached hydrogen (secondary N) is 1. The van der Waals surface area contributed by atoms with Crippen LogP contribution in [0.2, 0.25) is 0 Å². The highest BCUT2D eigenvalue weighted by Crippen LogP contribution is 2.49. The molecule has 0 unspecified atom stereocenters. The van der Waals surface area contributed by atoms with Crippen molar-refractivity contribution in [2.45, 2.75) is 38.2 Å². The summed E-state index contributed by atoms with van der Waals surface area (Å²) < 4.78 is 16.3. The van der Waals surface area contributed by atoms with Gasteiger partial charge in [-0.1, -0.05) is 84.0 Å². The number of carbonyl (C=O) groups excluding carboxylic acids is 2. The van der Waals surface area contributed by atoms with Gasteiger partial charge in [0, 0.05) is 5.56 Å². The summed E-state index contributed by atoms with van der Waals surface area (Å²) in [6, 6.07) is 25.1. The van der Waals surface area contributed by atoms with Crippen LogP contribution in [-0.2, 0) is 19.7 Å². The van der Waals surface area contributed by atoms with E-state index in [4.69, 9.17) is 19.1 Å². The van der Waals surface area contributed by atoms with Crippen LogP contribution in [0.25, 0.3) is 22.5 Å². The Hall–Kier alpha value is -4.43. The van der Waals surface area contributed by atoms with Crippen LogP contribution >= 0.6 is 0 Å². The number of hydrogen-bond acceptors (Lipinski definition) is 7. The molecule has 1 heterocycles. The van der Waals surface area contributed by atoms with Crippen molar-refractivity contribution in [1.82, 2.24) is 5.16 Å². The fourth-order valence-electron chi connectivity index (χ4n) is 4.61. The Labute approximate surface area is 226 Å². The summed E-state index contributed by atoms with van der Waals surface area (Å²) in [5, 5.41) is 15.8. The standard InChI is InChI=1S/C31H30N2O6/c1-20-27(32-30(36)38-21(2)22-6-4-3-5-7-22)28(39-33-20)25-10-8-23(9-11-25)24-12-14-26(15-13-24)31(16-17-31)29(35)37-19-18-34/h3-15,21,34H,16-19H2,1-2H3,(H,32,36)/t21-/m1/s1. The minimum Gasteiger partial charge on any atom is -0.463 e. The summed E-state index contributed by atoms with van der Waals surface area (Å²) in [6.07, 6.45) is 0.485. The van der Waals surface area contributed by atoms with E-state index in [0.717, 1.165) is 40.7 Å². The monoisotopic (exact) mass is 526 g/mol. The molecule has 1 atom stereocenters. The fourth-order valence-corrected chi connectivity index (χ4v) is 4.61. The molecule has 0 spiro atoms. The number of carbonyl (C=O) groups is 2. The van der Waals surface area contributed by atoms with Crippen LogP contribution in [0.3, 0.4) is 0 Å². The zero-order chi connectivity index (χ0) is 27.4. The van der Waals surface area contributed by atoms with Crippen LogP contribution in [0.4, 0.5) is 10.5 Å². The first kappa shape index (κ1) is 26.2. The number of rotatable bonds is 9. The van der Waals surface area contributed by atoms with E-state index in [-0.39, 0.29) is 19.2 Å². The van der Waals surface area contributed by atoms with E-state index in [2.05, 4.69) is 10.5 Å². The highest BCUT2D eigenvalue weighted by molar-refractivity contribution is 5.91. The smallest absolute Gasteiger partial charge is 0.412 e. The second-order valence-corrected chi connectivity index (χ2v) is 9.65. The van der Waals surface area contributed by atoms with Gasteiger partial charge in [0.1, 0.15) is 24.1 Å². The van der Waals surface area contributed by atoms with Crippen LogP contribution in [0.1, 0.15) is 42.7 Å². The summed E-state index contributed by atoms with van der Waals surface area (Å²) in [4.78, 5) is 25.1. The minimum absolute atomic E-state index is 0.0148. The molecule has 2 N–H and O–H groups in total. The molecule has 39 heavy (non-hydrogen) atoms. The third kappa shape index (κ3) is 5.56. The average Bonchev–Trinajstić information content (AvgIpc) is 3.71. The molecule has 8 heteroatoms. The molecule has 1 amide bonds. The molecule has 8 nitrogen and oxygen atoms in total. The number of aliphatic hydroxyl groups is 1. The Morgan fingerprint density at radius 1 is 0.974 bits per heavy atom. The maximum atomic E-state index is 12.6. The van der Waals surface area contributed by atoms with Crippen LogP contribution in [0.15, 0.2) is 83.4 Å². The lowest BCUT2D eigenvalue weighted by Crippen LogP contribution is -2.24. The molecule has 200 valence electrons. The van der Waals surface area contributed by atoms with E-state index >= 15 is 0 Å². The van der Waals surface area contributed by atoms with E-state index in [1.165, 1.54) is 0 Å². The van der Waals surface area contributed by atoms with Crippen molar-refractivity contribution in [2.24, 2.45) is 0 Å². The topological polar surface area (TPSA) is 111 Å². The molecule has 1 aliphatic rings. The maximum Gasteiger partial charge on any atom is 0.412 e.